The first-order valence-electron chi connectivity index (χ1n) is 12.1. The van der Waals surface area contributed by atoms with Crippen molar-refractivity contribution in [3.05, 3.63) is 63.6 Å². The minimum Gasteiger partial charge on any atom is -0.352 e. The van der Waals surface area contributed by atoms with E-state index < -0.39 is 28.5 Å². The molecule has 1 saturated carbocycles. The number of benzene rings is 2. The van der Waals surface area contributed by atoms with Crippen LogP contribution in [0.1, 0.15) is 50.2 Å². The Kier molecular flexibility index (Phi) is 9.80. The van der Waals surface area contributed by atoms with Gasteiger partial charge in [-0.05, 0) is 56.5 Å². The maximum Gasteiger partial charge on any atom is 0.243 e. The molecule has 36 heavy (non-hydrogen) atoms. The number of likely N-dealkylation sites (N-methyl/N-ethyl adjacent to an activating group) is 1. The Bertz CT molecular complexity index is 1180. The van der Waals surface area contributed by atoms with Gasteiger partial charge < -0.3 is 10.2 Å². The van der Waals surface area contributed by atoms with Crippen LogP contribution in [0.2, 0.25) is 10.0 Å². The minimum absolute atomic E-state index is 0.0768. The van der Waals surface area contributed by atoms with Gasteiger partial charge in [-0.15, -0.1) is 0 Å². The third-order valence-electron chi connectivity index (χ3n) is 6.54. The molecular weight excluding hydrogens is 521 g/mol. The van der Waals surface area contributed by atoms with Crippen molar-refractivity contribution < 1.29 is 18.0 Å². The largest absolute Gasteiger partial charge is 0.352 e. The number of carbonyl (C=O) groups excluding carboxylic acids is 2. The number of rotatable bonds is 9. The van der Waals surface area contributed by atoms with E-state index in [4.69, 9.17) is 23.2 Å². The standard InChI is InChI=1S/C26H33Cl2N3O4S/c1-18-9-12-22(13-10-18)36(34,35)30(3)17-25(32)31(16-20-11-14-23(27)24(28)15-20)19(2)26(33)29-21-7-5-4-6-8-21/h9-15,19,21H,4-8,16-17H2,1-3H3,(H,29,33)/t19-/m0/s1. The smallest absolute Gasteiger partial charge is 0.243 e. The molecule has 3 rings (SSSR count). The molecule has 0 saturated heterocycles. The first-order valence-corrected chi connectivity index (χ1v) is 14.3. The van der Waals surface area contributed by atoms with Crippen molar-refractivity contribution in [3.63, 3.8) is 0 Å². The average Bonchev–Trinajstić information content (AvgIpc) is 2.85. The molecule has 0 bridgehead atoms. The number of nitrogens with zero attached hydrogens (tertiary/aromatic N) is 2. The molecule has 0 unspecified atom stereocenters. The highest BCUT2D eigenvalue weighted by Gasteiger charge is 2.31. The number of nitrogens with one attached hydrogen (secondary N) is 1. The maximum atomic E-state index is 13.5. The van der Waals surface area contributed by atoms with E-state index in [2.05, 4.69) is 5.32 Å². The second-order valence-corrected chi connectivity index (χ2v) is 12.2. The van der Waals surface area contributed by atoms with Crippen LogP contribution >= 0.6 is 23.2 Å². The fourth-order valence-electron chi connectivity index (χ4n) is 4.24. The SMILES string of the molecule is Cc1ccc(S(=O)(=O)N(C)CC(=O)N(Cc2ccc(Cl)c(Cl)c2)[C@@H](C)C(=O)NC2CCCCC2)cc1. The number of amides is 2. The molecule has 2 aromatic rings. The maximum absolute atomic E-state index is 13.5. The van der Waals surface area contributed by atoms with Crippen LogP contribution in [-0.4, -0.2) is 55.1 Å². The second kappa shape index (κ2) is 12.4. The fraction of sp³-hybridized carbons (Fsp3) is 0.462. The molecule has 1 N–H and O–H groups in total. The molecule has 2 aromatic carbocycles. The summed E-state index contributed by atoms with van der Waals surface area (Å²) in [6.07, 6.45) is 5.11. The minimum atomic E-state index is -3.89. The van der Waals surface area contributed by atoms with Gasteiger partial charge in [-0.3, -0.25) is 9.59 Å². The molecular formula is C26H33Cl2N3O4S. The third kappa shape index (κ3) is 7.22. The lowest BCUT2D eigenvalue weighted by molar-refractivity contribution is -0.141. The Balaban J connectivity index is 1.81. The molecule has 0 radical (unpaired) electrons. The van der Waals surface area contributed by atoms with Gasteiger partial charge in [0.15, 0.2) is 0 Å². The van der Waals surface area contributed by atoms with Gasteiger partial charge in [-0.25, -0.2) is 8.42 Å². The van der Waals surface area contributed by atoms with Crippen LogP contribution in [0.4, 0.5) is 0 Å². The molecule has 0 aliphatic heterocycles. The highest BCUT2D eigenvalue weighted by atomic mass is 35.5. The molecule has 1 fully saturated rings. The molecule has 10 heteroatoms. The van der Waals surface area contributed by atoms with E-state index in [-0.39, 0.29) is 23.4 Å². The van der Waals surface area contributed by atoms with Crippen molar-refractivity contribution in [1.29, 1.82) is 0 Å². The average molecular weight is 555 g/mol. The molecule has 2 amide bonds. The Morgan fingerprint density at radius 2 is 1.67 bits per heavy atom. The topological polar surface area (TPSA) is 86.8 Å². The number of hydrogen-bond donors (Lipinski definition) is 1. The van der Waals surface area contributed by atoms with Gasteiger partial charge in [-0.1, -0.05) is 66.2 Å². The summed E-state index contributed by atoms with van der Waals surface area (Å²) >= 11 is 12.2. The summed E-state index contributed by atoms with van der Waals surface area (Å²) < 4.78 is 27.1. The molecule has 1 atom stereocenters. The summed E-state index contributed by atoms with van der Waals surface area (Å²) in [4.78, 5) is 28.1. The van der Waals surface area contributed by atoms with Crippen molar-refractivity contribution in [3.8, 4) is 0 Å². The van der Waals surface area contributed by atoms with Gasteiger partial charge in [0.25, 0.3) is 0 Å². The summed E-state index contributed by atoms with van der Waals surface area (Å²) in [6.45, 7) is 3.18. The van der Waals surface area contributed by atoms with Crippen molar-refractivity contribution in [2.45, 2.75) is 69.5 Å². The van der Waals surface area contributed by atoms with Gasteiger partial charge in [0.1, 0.15) is 6.04 Å². The monoisotopic (exact) mass is 553 g/mol. The predicted molar refractivity (Wildman–Crippen MR) is 142 cm³/mol. The van der Waals surface area contributed by atoms with E-state index in [0.717, 1.165) is 42.0 Å². The molecule has 0 heterocycles. The highest BCUT2D eigenvalue weighted by Crippen LogP contribution is 2.24. The number of halogens is 2. The fourth-order valence-corrected chi connectivity index (χ4v) is 5.68. The van der Waals surface area contributed by atoms with Gasteiger partial charge >= 0.3 is 0 Å². The summed E-state index contributed by atoms with van der Waals surface area (Å²) in [6, 6.07) is 10.7. The highest BCUT2D eigenvalue weighted by molar-refractivity contribution is 7.89. The van der Waals surface area contributed by atoms with Crippen molar-refractivity contribution in [1.82, 2.24) is 14.5 Å². The van der Waals surface area contributed by atoms with Gasteiger partial charge in [0.05, 0.1) is 21.5 Å². The Labute approximate surface area is 223 Å². The zero-order valence-electron chi connectivity index (χ0n) is 20.8. The predicted octanol–water partition coefficient (Wildman–Crippen LogP) is 4.79. The van der Waals surface area contributed by atoms with Crippen molar-refractivity contribution in [2.24, 2.45) is 0 Å². The molecule has 1 aliphatic carbocycles. The Hall–Kier alpha value is -2.13. The molecule has 7 nitrogen and oxygen atoms in total. The lowest BCUT2D eigenvalue weighted by atomic mass is 9.95. The van der Waals surface area contributed by atoms with Crippen LogP contribution in [-0.2, 0) is 26.2 Å². The lowest BCUT2D eigenvalue weighted by Gasteiger charge is -2.32. The number of hydrogen-bond acceptors (Lipinski definition) is 4. The van der Waals surface area contributed by atoms with Crippen LogP contribution in [0.5, 0.6) is 0 Å². The van der Waals surface area contributed by atoms with Crippen LogP contribution < -0.4 is 5.32 Å². The summed E-state index contributed by atoms with van der Waals surface area (Å²) in [5, 5.41) is 3.78. The van der Waals surface area contributed by atoms with Gasteiger partial charge in [0, 0.05) is 19.6 Å². The lowest BCUT2D eigenvalue weighted by Crippen LogP contribution is -2.52. The van der Waals surface area contributed by atoms with Gasteiger partial charge in [0.2, 0.25) is 21.8 Å². The number of sulfonamides is 1. The van der Waals surface area contributed by atoms with Crippen molar-refractivity contribution >= 4 is 45.0 Å². The van der Waals surface area contributed by atoms with E-state index in [0.29, 0.717) is 15.6 Å². The van der Waals surface area contributed by atoms with Crippen LogP contribution in [0, 0.1) is 6.92 Å². The van der Waals surface area contributed by atoms with Crippen molar-refractivity contribution in [2.75, 3.05) is 13.6 Å². The van der Waals surface area contributed by atoms with Gasteiger partial charge in [-0.2, -0.15) is 4.31 Å². The number of carbonyl (C=O) groups is 2. The van der Waals surface area contributed by atoms with E-state index in [1.807, 2.05) is 6.92 Å². The zero-order chi connectivity index (χ0) is 26.5. The summed E-state index contributed by atoms with van der Waals surface area (Å²) in [5.74, 6) is -0.759. The zero-order valence-corrected chi connectivity index (χ0v) is 23.2. The van der Waals surface area contributed by atoms with Crippen LogP contribution in [0.3, 0.4) is 0 Å². The molecule has 196 valence electrons. The third-order valence-corrected chi connectivity index (χ3v) is 9.10. The molecule has 0 aromatic heterocycles. The van der Waals surface area contributed by atoms with E-state index in [1.165, 1.54) is 24.1 Å². The van der Waals surface area contributed by atoms with E-state index in [9.17, 15) is 18.0 Å². The first-order chi connectivity index (χ1) is 17.0. The van der Waals surface area contributed by atoms with Crippen LogP contribution in [0.15, 0.2) is 47.4 Å². The Morgan fingerprint density at radius 1 is 1.03 bits per heavy atom. The summed E-state index contributed by atoms with van der Waals surface area (Å²) in [5.41, 5.74) is 1.61. The van der Waals surface area contributed by atoms with E-state index in [1.54, 1.807) is 37.3 Å². The normalized spacial score (nSPS) is 15.5. The van der Waals surface area contributed by atoms with E-state index >= 15 is 0 Å². The Morgan fingerprint density at radius 3 is 2.28 bits per heavy atom. The molecule has 0 spiro atoms. The number of aryl methyl sites for hydroxylation is 1. The molecule has 1 aliphatic rings. The van der Waals surface area contributed by atoms with Crippen LogP contribution in [0.25, 0.3) is 0 Å². The summed E-state index contributed by atoms with van der Waals surface area (Å²) in [7, 11) is -2.53. The quantitative estimate of drug-likeness (QED) is 0.483. The second-order valence-electron chi connectivity index (χ2n) is 9.36. The first kappa shape index (κ1) is 28.4.